The molecule has 0 spiro atoms. The van der Waals surface area contributed by atoms with Crippen molar-refractivity contribution >= 4 is 11.8 Å². The fraction of sp³-hybridized carbons (Fsp3) is 0.579. The molecule has 0 aliphatic carbocycles. The first-order valence-electron chi connectivity index (χ1n) is 9.03. The van der Waals surface area contributed by atoms with Crippen LogP contribution in [-0.2, 0) is 19.7 Å². The number of benzene rings is 1. The predicted octanol–water partition coefficient (Wildman–Crippen LogP) is 0.671. The van der Waals surface area contributed by atoms with Crippen LogP contribution in [-0.4, -0.2) is 62.1 Å². The van der Waals surface area contributed by atoms with E-state index in [1.165, 1.54) is 6.92 Å². The maximum atomic E-state index is 13.5. The van der Waals surface area contributed by atoms with Gasteiger partial charge in [-0.15, -0.1) is 0 Å². The summed E-state index contributed by atoms with van der Waals surface area (Å²) in [6.07, 6.45) is 1.48. The Kier molecular flexibility index (Phi) is 5.71. The molecule has 6 nitrogen and oxygen atoms in total. The minimum absolute atomic E-state index is 0.0776. The zero-order chi connectivity index (χ0) is 17.7. The van der Waals surface area contributed by atoms with Crippen molar-refractivity contribution in [2.24, 2.45) is 0 Å². The SMILES string of the molecule is CC(=O)NC[C@@H]1CN(C(=O)C2(c3ccccc3)CCNCC2)CCO1. The van der Waals surface area contributed by atoms with E-state index in [4.69, 9.17) is 4.74 Å². The molecular formula is C19H27N3O3. The zero-order valence-corrected chi connectivity index (χ0v) is 14.8. The molecule has 2 aliphatic rings. The van der Waals surface area contributed by atoms with Gasteiger partial charge < -0.3 is 20.3 Å². The Morgan fingerprint density at radius 2 is 2.00 bits per heavy atom. The van der Waals surface area contributed by atoms with Crippen molar-refractivity contribution in [3.63, 3.8) is 0 Å². The zero-order valence-electron chi connectivity index (χ0n) is 14.8. The molecule has 2 saturated heterocycles. The molecule has 0 radical (unpaired) electrons. The van der Waals surface area contributed by atoms with E-state index in [0.29, 0.717) is 26.2 Å². The molecule has 1 aromatic carbocycles. The molecule has 2 heterocycles. The van der Waals surface area contributed by atoms with Crippen LogP contribution < -0.4 is 10.6 Å². The standard InChI is InChI=1S/C19H27N3O3/c1-15(23)21-13-17-14-22(11-12-25-17)18(24)19(7-9-20-10-8-19)16-5-3-2-4-6-16/h2-6,17,20H,7-14H2,1H3,(H,21,23)/t17-/m1/s1. The lowest BCUT2D eigenvalue weighted by molar-refractivity contribution is -0.146. The van der Waals surface area contributed by atoms with Gasteiger partial charge >= 0.3 is 0 Å². The van der Waals surface area contributed by atoms with E-state index in [-0.39, 0.29) is 17.9 Å². The van der Waals surface area contributed by atoms with Crippen LogP contribution in [0.3, 0.4) is 0 Å². The van der Waals surface area contributed by atoms with Gasteiger partial charge in [0.25, 0.3) is 0 Å². The van der Waals surface area contributed by atoms with Gasteiger partial charge in [-0.1, -0.05) is 30.3 Å². The number of nitrogens with one attached hydrogen (secondary N) is 2. The van der Waals surface area contributed by atoms with Crippen molar-refractivity contribution in [3.8, 4) is 0 Å². The highest BCUT2D eigenvalue weighted by molar-refractivity contribution is 5.88. The van der Waals surface area contributed by atoms with Crippen LogP contribution in [0, 0.1) is 0 Å². The molecule has 1 atom stereocenters. The maximum Gasteiger partial charge on any atom is 0.233 e. The second-order valence-electron chi connectivity index (χ2n) is 6.88. The maximum absolute atomic E-state index is 13.5. The van der Waals surface area contributed by atoms with Crippen molar-refractivity contribution in [2.45, 2.75) is 31.3 Å². The second-order valence-corrected chi connectivity index (χ2v) is 6.88. The highest BCUT2D eigenvalue weighted by Gasteiger charge is 2.44. The monoisotopic (exact) mass is 345 g/mol. The third kappa shape index (κ3) is 4.02. The Morgan fingerprint density at radius 3 is 2.68 bits per heavy atom. The summed E-state index contributed by atoms with van der Waals surface area (Å²) in [7, 11) is 0. The van der Waals surface area contributed by atoms with E-state index in [0.717, 1.165) is 31.5 Å². The number of morpholine rings is 1. The minimum atomic E-state index is -0.456. The van der Waals surface area contributed by atoms with Crippen LogP contribution in [0.15, 0.2) is 30.3 Å². The minimum Gasteiger partial charge on any atom is -0.373 e. The number of hydrogen-bond acceptors (Lipinski definition) is 4. The smallest absolute Gasteiger partial charge is 0.233 e. The van der Waals surface area contributed by atoms with Gasteiger partial charge in [-0.2, -0.15) is 0 Å². The van der Waals surface area contributed by atoms with Crippen LogP contribution in [0.1, 0.15) is 25.3 Å². The molecule has 25 heavy (non-hydrogen) atoms. The highest BCUT2D eigenvalue weighted by atomic mass is 16.5. The molecule has 0 aromatic heterocycles. The van der Waals surface area contributed by atoms with E-state index in [2.05, 4.69) is 22.8 Å². The van der Waals surface area contributed by atoms with Gasteiger partial charge in [0.1, 0.15) is 0 Å². The van der Waals surface area contributed by atoms with E-state index in [1.54, 1.807) is 0 Å². The quantitative estimate of drug-likeness (QED) is 0.842. The Hall–Kier alpha value is -1.92. The summed E-state index contributed by atoms with van der Waals surface area (Å²) in [5.41, 5.74) is 0.647. The Morgan fingerprint density at radius 1 is 1.28 bits per heavy atom. The lowest BCUT2D eigenvalue weighted by Gasteiger charge is -2.43. The van der Waals surface area contributed by atoms with Crippen LogP contribution >= 0.6 is 0 Å². The molecule has 0 bridgehead atoms. The van der Waals surface area contributed by atoms with E-state index < -0.39 is 5.41 Å². The van der Waals surface area contributed by atoms with Crippen molar-refractivity contribution in [1.82, 2.24) is 15.5 Å². The number of carbonyl (C=O) groups excluding carboxylic acids is 2. The number of piperidine rings is 1. The molecule has 2 aliphatic heterocycles. The van der Waals surface area contributed by atoms with Crippen molar-refractivity contribution in [3.05, 3.63) is 35.9 Å². The van der Waals surface area contributed by atoms with E-state index in [1.807, 2.05) is 23.1 Å². The van der Waals surface area contributed by atoms with Gasteiger partial charge in [-0.3, -0.25) is 9.59 Å². The highest BCUT2D eigenvalue weighted by Crippen LogP contribution is 2.36. The van der Waals surface area contributed by atoms with Crippen LogP contribution in [0.25, 0.3) is 0 Å². The summed E-state index contributed by atoms with van der Waals surface area (Å²) in [6, 6.07) is 10.1. The number of nitrogens with zero attached hydrogens (tertiary/aromatic N) is 1. The number of carbonyl (C=O) groups is 2. The first kappa shape index (κ1) is 17.9. The first-order valence-corrected chi connectivity index (χ1v) is 9.03. The summed E-state index contributed by atoms with van der Waals surface area (Å²) in [6.45, 7) is 5.28. The second kappa shape index (κ2) is 7.97. The van der Waals surface area contributed by atoms with Gasteiger partial charge in [0.2, 0.25) is 11.8 Å². The molecule has 0 unspecified atom stereocenters. The van der Waals surface area contributed by atoms with E-state index in [9.17, 15) is 9.59 Å². The van der Waals surface area contributed by atoms with Crippen LogP contribution in [0.2, 0.25) is 0 Å². The lowest BCUT2D eigenvalue weighted by atomic mass is 9.72. The predicted molar refractivity (Wildman–Crippen MR) is 95.2 cm³/mol. The number of hydrogen-bond donors (Lipinski definition) is 2. The van der Waals surface area contributed by atoms with Crippen molar-refractivity contribution in [2.75, 3.05) is 39.3 Å². The number of rotatable bonds is 4. The lowest BCUT2D eigenvalue weighted by Crippen LogP contribution is -2.57. The number of amides is 2. The third-order valence-corrected chi connectivity index (χ3v) is 5.20. The summed E-state index contributed by atoms with van der Waals surface area (Å²) in [5.74, 6) is 0.113. The van der Waals surface area contributed by atoms with Crippen LogP contribution in [0.4, 0.5) is 0 Å². The fourth-order valence-corrected chi connectivity index (χ4v) is 3.82. The molecular weight excluding hydrogens is 318 g/mol. The fourth-order valence-electron chi connectivity index (χ4n) is 3.82. The Bertz CT molecular complexity index is 599. The summed E-state index contributed by atoms with van der Waals surface area (Å²) in [5, 5.41) is 6.15. The molecule has 6 heteroatoms. The Labute approximate surface area is 148 Å². The molecule has 2 amide bonds. The summed E-state index contributed by atoms with van der Waals surface area (Å²) in [4.78, 5) is 26.6. The molecule has 1 aromatic rings. The van der Waals surface area contributed by atoms with Gasteiger partial charge in [0.05, 0.1) is 18.1 Å². The van der Waals surface area contributed by atoms with Gasteiger partial charge in [-0.25, -0.2) is 0 Å². The topological polar surface area (TPSA) is 70.7 Å². The average Bonchev–Trinajstić information content (AvgIpc) is 2.67. The van der Waals surface area contributed by atoms with Gasteiger partial charge in [-0.05, 0) is 31.5 Å². The van der Waals surface area contributed by atoms with Crippen molar-refractivity contribution in [1.29, 1.82) is 0 Å². The average molecular weight is 345 g/mol. The van der Waals surface area contributed by atoms with Gasteiger partial charge in [0, 0.05) is 26.6 Å². The summed E-state index contributed by atoms with van der Waals surface area (Å²) >= 11 is 0. The van der Waals surface area contributed by atoms with E-state index >= 15 is 0 Å². The Balaban J connectivity index is 1.77. The third-order valence-electron chi connectivity index (χ3n) is 5.20. The van der Waals surface area contributed by atoms with Crippen molar-refractivity contribution < 1.29 is 14.3 Å². The summed E-state index contributed by atoms with van der Waals surface area (Å²) < 4.78 is 5.71. The van der Waals surface area contributed by atoms with Crippen LogP contribution in [0.5, 0.6) is 0 Å². The molecule has 136 valence electrons. The normalized spacial score (nSPS) is 23.1. The molecule has 0 saturated carbocycles. The molecule has 3 rings (SSSR count). The van der Waals surface area contributed by atoms with Gasteiger partial charge in [0.15, 0.2) is 0 Å². The molecule has 2 N–H and O–H groups in total. The number of ether oxygens (including phenoxy) is 1. The first-order chi connectivity index (χ1) is 12.1. The molecule has 2 fully saturated rings. The largest absolute Gasteiger partial charge is 0.373 e.